The summed E-state index contributed by atoms with van der Waals surface area (Å²) in [6.45, 7) is 10.9. The van der Waals surface area contributed by atoms with Gasteiger partial charge in [-0.25, -0.2) is 0 Å². The maximum Gasteiger partial charge on any atom is 0.297 e. The molecule has 1 amide bonds. The zero-order valence-corrected chi connectivity index (χ0v) is 18.8. The Bertz CT molecular complexity index is 840. The van der Waals surface area contributed by atoms with E-state index in [1.165, 1.54) is 6.92 Å². The van der Waals surface area contributed by atoms with Crippen LogP contribution in [0.2, 0.25) is 0 Å². The van der Waals surface area contributed by atoms with Crippen molar-refractivity contribution in [2.75, 3.05) is 13.2 Å². The van der Waals surface area contributed by atoms with E-state index in [1.807, 2.05) is 32.0 Å². The lowest BCUT2D eigenvalue weighted by molar-refractivity contribution is -0.120. The van der Waals surface area contributed by atoms with Crippen LogP contribution in [0.15, 0.2) is 18.2 Å². The molecule has 0 bridgehead atoms. The number of amides is 1. The summed E-state index contributed by atoms with van der Waals surface area (Å²) < 4.78 is 20.2. The minimum absolute atomic E-state index is 0.0235. The molecule has 0 unspecified atom stereocenters. The van der Waals surface area contributed by atoms with Crippen molar-refractivity contribution in [2.45, 2.75) is 84.6 Å². The number of carbonyl (C=O) groups excluding carboxylic acids is 1. The predicted molar refractivity (Wildman–Crippen MR) is 117 cm³/mol. The first-order valence-electron chi connectivity index (χ1n) is 11.1. The number of ether oxygens (including phenoxy) is 3. The van der Waals surface area contributed by atoms with Crippen LogP contribution in [0.25, 0.3) is 11.0 Å². The van der Waals surface area contributed by atoms with Crippen molar-refractivity contribution in [1.29, 1.82) is 0 Å². The van der Waals surface area contributed by atoms with Gasteiger partial charge in [-0.2, -0.15) is 4.98 Å². The van der Waals surface area contributed by atoms with Gasteiger partial charge in [-0.15, -0.1) is 0 Å². The Morgan fingerprint density at radius 1 is 1.20 bits per heavy atom. The molecule has 7 nitrogen and oxygen atoms in total. The van der Waals surface area contributed by atoms with E-state index in [9.17, 15) is 4.79 Å². The van der Waals surface area contributed by atoms with Crippen LogP contribution in [-0.4, -0.2) is 46.9 Å². The van der Waals surface area contributed by atoms with Crippen LogP contribution in [0.1, 0.15) is 66.3 Å². The maximum atomic E-state index is 11.1. The summed E-state index contributed by atoms with van der Waals surface area (Å²) in [4.78, 5) is 15.9. The second-order valence-corrected chi connectivity index (χ2v) is 8.39. The fraction of sp³-hybridized carbons (Fsp3) is 0.652. The topological polar surface area (TPSA) is 74.6 Å². The summed E-state index contributed by atoms with van der Waals surface area (Å²) in [6.07, 6.45) is 4.13. The first-order chi connectivity index (χ1) is 14.4. The first kappa shape index (κ1) is 22.4. The van der Waals surface area contributed by atoms with Gasteiger partial charge in [0.1, 0.15) is 11.9 Å². The summed E-state index contributed by atoms with van der Waals surface area (Å²) in [7, 11) is 0. The largest absolute Gasteiger partial charge is 0.494 e. The van der Waals surface area contributed by atoms with Crippen molar-refractivity contribution < 1.29 is 19.0 Å². The average molecular weight is 418 g/mol. The Kier molecular flexibility index (Phi) is 7.58. The van der Waals surface area contributed by atoms with E-state index >= 15 is 0 Å². The number of rotatable bonds is 9. The van der Waals surface area contributed by atoms with E-state index in [0.29, 0.717) is 19.2 Å². The molecule has 7 heteroatoms. The highest BCUT2D eigenvalue weighted by Crippen LogP contribution is 2.32. The summed E-state index contributed by atoms with van der Waals surface area (Å²) in [6, 6.07) is 6.93. The molecule has 1 atom stereocenters. The monoisotopic (exact) mass is 417 g/mol. The second kappa shape index (κ2) is 10.2. The number of carbonyl (C=O) groups is 1. The number of nitrogens with zero attached hydrogens (tertiary/aromatic N) is 2. The van der Waals surface area contributed by atoms with Crippen molar-refractivity contribution in [1.82, 2.24) is 14.9 Å². The molecule has 166 valence electrons. The van der Waals surface area contributed by atoms with Gasteiger partial charge in [0.15, 0.2) is 0 Å². The SMILES string of the molecule is CCOc1ccc2nc(O[C@H]3CC[C@H](OC[C@H](C)NC(C)=O)CC3)n(C(C)C)c2c1. The number of fused-ring (bicyclic) bond motifs is 1. The number of hydrogen-bond acceptors (Lipinski definition) is 5. The van der Waals surface area contributed by atoms with E-state index in [4.69, 9.17) is 19.2 Å². The minimum atomic E-state index is -0.0235. The smallest absolute Gasteiger partial charge is 0.297 e. The van der Waals surface area contributed by atoms with Gasteiger partial charge in [0.25, 0.3) is 6.01 Å². The second-order valence-electron chi connectivity index (χ2n) is 8.39. The van der Waals surface area contributed by atoms with Gasteiger partial charge >= 0.3 is 0 Å². The summed E-state index contributed by atoms with van der Waals surface area (Å²) in [5.74, 6) is 0.828. The molecule has 1 fully saturated rings. The van der Waals surface area contributed by atoms with E-state index < -0.39 is 0 Å². The quantitative estimate of drug-likeness (QED) is 0.660. The number of nitrogens with one attached hydrogen (secondary N) is 1. The lowest BCUT2D eigenvalue weighted by atomic mass is 9.95. The Labute approximate surface area is 179 Å². The van der Waals surface area contributed by atoms with E-state index in [-0.39, 0.29) is 30.2 Å². The first-order valence-corrected chi connectivity index (χ1v) is 11.1. The van der Waals surface area contributed by atoms with Crippen molar-refractivity contribution in [3.05, 3.63) is 18.2 Å². The van der Waals surface area contributed by atoms with E-state index in [2.05, 4.69) is 23.7 Å². The van der Waals surface area contributed by atoms with Gasteiger partial charge in [-0.1, -0.05) is 0 Å². The lowest BCUT2D eigenvalue weighted by Crippen LogP contribution is -2.37. The molecule has 0 radical (unpaired) electrons. The third-order valence-corrected chi connectivity index (χ3v) is 5.38. The number of aromatic nitrogens is 2. The normalized spacial score (nSPS) is 20.3. The number of hydrogen-bond donors (Lipinski definition) is 1. The standard InChI is InChI=1S/C23H35N3O4/c1-6-28-20-11-12-21-22(13-20)26(15(2)3)23(25-21)30-19-9-7-18(8-10-19)29-14-16(4)24-17(5)27/h11-13,15-16,18-19H,6-10,14H2,1-5H3,(H,24,27)/t16-,18-,19-/m0/s1. The van der Waals surface area contributed by atoms with Gasteiger partial charge in [0.2, 0.25) is 5.91 Å². The maximum absolute atomic E-state index is 11.1. The van der Waals surface area contributed by atoms with Crippen LogP contribution in [0, 0.1) is 0 Å². The molecule has 1 saturated carbocycles. The minimum Gasteiger partial charge on any atom is -0.494 e. The molecule has 2 aromatic rings. The van der Waals surface area contributed by atoms with Gasteiger partial charge < -0.3 is 19.5 Å². The molecule has 0 spiro atoms. The Morgan fingerprint density at radius 3 is 2.53 bits per heavy atom. The van der Waals surface area contributed by atoms with E-state index in [0.717, 1.165) is 42.5 Å². The third-order valence-electron chi connectivity index (χ3n) is 5.38. The van der Waals surface area contributed by atoms with E-state index in [1.54, 1.807) is 0 Å². The summed E-state index contributed by atoms with van der Waals surface area (Å²) >= 11 is 0. The van der Waals surface area contributed by atoms with Crippen LogP contribution >= 0.6 is 0 Å². The number of benzene rings is 1. The summed E-state index contributed by atoms with van der Waals surface area (Å²) in [5.41, 5.74) is 1.96. The van der Waals surface area contributed by atoms with Gasteiger partial charge in [0, 0.05) is 25.1 Å². The van der Waals surface area contributed by atoms with Gasteiger partial charge in [-0.05, 0) is 65.5 Å². The zero-order valence-electron chi connectivity index (χ0n) is 18.8. The fourth-order valence-corrected chi connectivity index (χ4v) is 4.02. The van der Waals surface area contributed by atoms with Crippen LogP contribution in [0.4, 0.5) is 0 Å². The molecule has 3 rings (SSSR count). The molecule has 30 heavy (non-hydrogen) atoms. The van der Waals surface area contributed by atoms with Crippen molar-refractivity contribution >= 4 is 16.9 Å². The van der Waals surface area contributed by atoms with Crippen LogP contribution in [-0.2, 0) is 9.53 Å². The molecule has 1 aromatic heterocycles. The molecule has 0 saturated heterocycles. The van der Waals surface area contributed by atoms with Crippen LogP contribution in [0.5, 0.6) is 11.8 Å². The zero-order chi connectivity index (χ0) is 21.7. The Balaban J connectivity index is 1.60. The molecule has 1 heterocycles. The predicted octanol–water partition coefficient (Wildman–Crippen LogP) is 4.25. The molecular weight excluding hydrogens is 382 g/mol. The highest BCUT2D eigenvalue weighted by atomic mass is 16.5. The Morgan fingerprint density at radius 2 is 1.90 bits per heavy atom. The number of imidazole rings is 1. The molecule has 1 aromatic carbocycles. The average Bonchev–Trinajstić information content (AvgIpc) is 3.04. The van der Waals surface area contributed by atoms with Gasteiger partial charge in [-0.3, -0.25) is 9.36 Å². The summed E-state index contributed by atoms with van der Waals surface area (Å²) in [5, 5.41) is 2.86. The Hall–Kier alpha value is -2.28. The van der Waals surface area contributed by atoms with Crippen LogP contribution < -0.4 is 14.8 Å². The lowest BCUT2D eigenvalue weighted by Gasteiger charge is -2.29. The van der Waals surface area contributed by atoms with Crippen LogP contribution in [0.3, 0.4) is 0 Å². The van der Waals surface area contributed by atoms with Crippen molar-refractivity contribution in [3.8, 4) is 11.8 Å². The molecule has 1 N–H and O–H groups in total. The van der Waals surface area contributed by atoms with Gasteiger partial charge in [0.05, 0.1) is 30.4 Å². The fourth-order valence-electron chi connectivity index (χ4n) is 4.02. The van der Waals surface area contributed by atoms with Crippen molar-refractivity contribution in [2.24, 2.45) is 0 Å². The highest BCUT2D eigenvalue weighted by molar-refractivity contribution is 5.78. The molecule has 1 aliphatic rings. The highest BCUT2D eigenvalue weighted by Gasteiger charge is 2.26. The molecular formula is C23H35N3O4. The molecule has 1 aliphatic carbocycles. The molecule has 0 aliphatic heterocycles. The third kappa shape index (κ3) is 5.65. The van der Waals surface area contributed by atoms with Crippen molar-refractivity contribution in [3.63, 3.8) is 0 Å².